The van der Waals surface area contributed by atoms with E-state index >= 15 is 0 Å². The molecule has 0 aliphatic rings. The molecule has 5 nitrogen and oxygen atoms in total. The van der Waals surface area contributed by atoms with E-state index in [9.17, 15) is 4.79 Å². The zero-order chi connectivity index (χ0) is 18.7. The molecule has 3 rings (SSSR count). The van der Waals surface area contributed by atoms with Crippen LogP contribution in [0.4, 0.5) is 5.82 Å². The molecule has 0 spiro atoms. The van der Waals surface area contributed by atoms with Crippen LogP contribution in [0.1, 0.15) is 34.7 Å². The minimum atomic E-state index is -0.0400. The van der Waals surface area contributed by atoms with Crippen LogP contribution in [0.5, 0.6) is 0 Å². The first-order valence-electron chi connectivity index (χ1n) is 8.75. The second-order valence-electron chi connectivity index (χ2n) is 6.55. The van der Waals surface area contributed by atoms with E-state index < -0.39 is 0 Å². The van der Waals surface area contributed by atoms with Crippen molar-refractivity contribution >= 4 is 33.3 Å². The summed E-state index contributed by atoms with van der Waals surface area (Å²) in [6.45, 7) is 8.94. The third kappa shape index (κ3) is 4.02. The minimum Gasteiger partial charge on any atom is -0.360 e. The standard InChI is InChI=1S/C20H24N4OS/c1-12(16-8-6-5-7-9-16)10-21-17(25)11-22-19-18-13(2)14(3)26-20(18)24-15(4)23-19/h5-9,12H,10-11H2,1-4H3,(H,21,25)(H,22,23,24)/t12-/m1/s1. The van der Waals surface area contributed by atoms with Crippen LogP contribution in [0.2, 0.25) is 0 Å². The Kier molecular flexibility index (Phi) is 5.52. The highest BCUT2D eigenvalue weighted by Gasteiger charge is 2.14. The number of nitrogens with zero attached hydrogens (tertiary/aromatic N) is 2. The van der Waals surface area contributed by atoms with Crippen molar-refractivity contribution in [1.82, 2.24) is 15.3 Å². The molecule has 1 amide bonds. The minimum absolute atomic E-state index is 0.0400. The van der Waals surface area contributed by atoms with Crippen LogP contribution >= 0.6 is 11.3 Å². The predicted octanol–water partition coefficient (Wildman–Crippen LogP) is 3.95. The first kappa shape index (κ1) is 18.3. The molecule has 0 saturated carbocycles. The number of rotatable bonds is 6. The predicted molar refractivity (Wildman–Crippen MR) is 108 cm³/mol. The lowest BCUT2D eigenvalue weighted by Crippen LogP contribution is -2.32. The fraction of sp³-hybridized carbons (Fsp3) is 0.350. The molecule has 26 heavy (non-hydrogen) atoms. The zero-order valence-corrected chi connectivity index (χ0v) is 16.4. The number of amides is 1. The summed E-state index contributed by atoms with van der Waals surface area (Å²) in [5, 5.41) is 7.20. The lowest BCUT2D eigenvalue weighted by molar-refractivity contribution is -0.119. The van der Waals surface area contributed by atoms with Gasteiger partial charge in [-0.15, -0.1) is 11.3 Å². The molecule has 0 fully saturated rings. The zero-order valence-electron chi connectivity index (χ0n) is 15.6. The van der Waals surface area contributed by atoms with Crippen LogP contribution in [0.3, 0.4) is 0 Å². The topological polar surface area (TPSA) is 66.9 Å². The van der Waals surface area contributed by atoms with Crippen molar-refractivity contribution < 1.29 is 4.79 Å². The maximum Gasteiger partial charge on any atom is 0.239 e. The molecule has 136 valence electrons. The number of carbonyl (C=O) groups excluding carboxylic acids is 1. The van der Waals surface area contributed by atoms with Gasteiger partial charge in [-0.2, -0.15) is 0 Å². The third-order valence-electron chi connectivity index (χ3n) is 4.53. The summed E-state index contributed by atoms with van der Waals surface area (Å²) in [6.07, 6.45) is 0. The van der Waals surface area contributed by atoms with E-state index in [4.69, 9.17) is 0 Å². The average molecular weight is 369 g/mol. The molecule has 0 bridgehead atoms. The monoisotopic (exact) mass is 368 g/mol. The number of hydrogen-bond acceptors (Lipinski definition) is 5. The Balaban J connectivity index is 1.62. The summed E-state index contributed by atoms with van der Waals surface area (Å²) in [7, 11) is 0. The number of thiophene rings is 1. The molecule has 3 aromatic rings. The molecule has 1 atom stereocenters. The fourth-order valence-corrected chi connectivity index (χ4v) is 3.95. The van der Waals surface area contributed by atoms with E-state index in [1.165, 1.54) is 16.0 Å². The van der Waals surface area contributed by atoms with Gasteiger partial charge in [0.1, 0.15) is 16.5 Å². The second kappa shape index (κ2) is 7.83. The number of aryl methyl sites for hydroxylation is 3. The Bertz CT molecular complexity index is 920. The molecular weight excluding hydrogens is 344 g/mol. The van der Waals surface area contributed by atoms with Crippen LogP contribution in [-0.4, -0.2) is 29.0 Å². The van der Waals surface area contributed by atoms with E-state index in [1.807, 2.05) is 25.1 Å². The highest BCUT2D eigenvalue weighted by Crippen LogP contribution is 2.33. The quantitative estimate of drug-likeness (QED) is 0.691. The van der Waals surface area contributed by atoms with Gasteiger partial charge in [-0.05, 0) is 37.8 Å². The summed E-state index contributed by atoms with van der Waals surface area (Å²) >= 11 is 1.66. The largest absolute Gasteiger partial charge is 0.360 e. The van der Waals surface area contributed by atoms with Crippen molar-refractivity contribution in [2.45, 2.75) is 33.6 Å². The van der Waals surface area contributed by atoms with Gasteiger partial charge in [0.2, 0.25) is 5.91 Å². The summed E-state index contributed by atoms with van der Waals surface area (Å²) < 4.78 is 0. The third-order valence-corrected chi connectivity index (χ3v) is 5.63. The number of aromatic nitrogens is 2. The smallest absolute Gasteiger partial charge is 0.239 e. The Labute approximate surface area is 157 Å². The van der Waals surface area contributed by atoms with Crippen LogP contribution in [-0.2, 0) is 4.79 Å². The summed E-state index contributed by atoms with van der Waals surface area (Å²) in [4.78, 5) is 23.4. The number of anilines is 1. The van der Waals surface area contributed by atoms with Crippen molar-refractivity contribution in [2.75, 3.05) is 18.4 Å². The number of carbonyl (C=O) groups is 1. The van der Waals surface area contributed by atoms with Crippen molar-refractivity contribution in [3.05, 3.63) is 52.2 Å². The van der Waals surface area contributed by atoms with Gasteiger partial charge < -0.3 is 10.6 Å². The van der Waals surface area contributed by atoms with Gasteiger partial charge in [-0.25, -0.2) is 9.97 Å². The average Bonchev–Trinajstić information content (AvgIpc) is 2.92. The number of fused-ring (bicyclic) bond motifs is 1. The van der Waals surface area contributed by atoms with Crippen molar-refractivity contribution in [3.63, 3.8) is 0 Å². The van der Waals surface area contributed by atoms with Crippen molar-refractivity contribution in [3.8, 4) is 0 Å². The lowest BCUT2D eigenvalue weighted by Gasteiger charge is -2.14. The summed E-state index contributed by atoms with van der Waals surface area (Å²) in [6, 6.07) is 10.2. The molecule has 6 heteroatoms. The Morgan fingerprint density at radius 2 is 1.88 bits per heavy atom. The maximum absolute atomic E-state index is 12.2. The van der Waals surface area contributed by atoms with Gasteiger partial charge in [0, 0.05) is 11.4 Å². The molecule has 2 heterocycles. The SMILES string of the molecule is Cc1nc(NCC(=O)NC[C@@H](C)c2ccccc2)c2c(C)c(C)sc2n1. The van der Waals surface area contributed by atoms with Crippen LogP contribution in [0, 0.1) is 20.8 Å². The van der Waals surface area contributed by atoms with E-state index in [2.05, 4.69) is 53.5 Å². The number of hydrogen-bond donors (Lipinski definition) is 2. The highest BCUT2D eigenvalue weighted by molar-refractivity contribution is 7.18. The van der Waals surface area contributed by atoms with E-state index in [-0.39, 0.29) is 18.4 Å². The number of benzene rings is 1. The van der Waals surface area contributed by atoms with E-state index in [0.29, 0.717) is 12.4 Å². The van der Waals surface area contributed by atoms with E-state index in [1.54, 1.807) is 11.3 Å². The Morgan fingerprint density at radius 3 is 2.62 bits per heavy atom. The van der Waals surface area contributed by atoms with Gasteiger partial charge in [-0.3, -0.25) is 4.79 Å². The van der Waals surface area contributed by atoms with Gasteiger partial charge >= 0.3 is 0 Å². The lowest BCUT2D eigenvalue weighted by atomic mass is 10.0. The second-order valence-corrected chi connectivity index (χ2v) is 7.76. The molecule has 0 saturated heterocycles. The molecule has 0 aliphatic heterocycles. The fourth-order valence-electron chi connectivity index (χ4n) is 2.88. The Morgan fingerprint density at radius 1 is 1.15 bits per heavy atom. The molecular formula is C20H24N4OS. The van der Waals surface area contributed by atoms with Crippen LogP contribution < -0.4 is 10.6 Å². The van der Waals surface area contributed by atoms with Gasteiger partial charge in [-0.1, -0.05) is 37.3 Å². The molecule has 1 aromatic carbocycles. The summed E-state index contributed by atoms with van der Waals surface area (Å²) in [5.41, 5.74) is 2.39. The molecule has 0 radical (unpaired) electrons. The first-order valence-corrected chi connectivity index (χ1v) is 9.57. The van der Waals surface area contributed by atoms with E-state index in [0.717, 1.165) is 16.0 Å². The molecule has 2 N–H and O–H groups in total. The first-order chi connectivity index (χ1) is 12.5. The van der Waals surface area contributed by atoms with Gasteiger partial charge in [0.15, 0.2) is 0 Å². The maximum atomic E-state index is 12.2. The van der Waals surface area contributed by atoms with Crippen LogP contribution in [0.25, 0.3) is 10.2 Å². The normalized spacial score (nSPS) is 12.2. The molecule has 0 aliphatic carbocycles. The molecule has 0 unspecified atom stereocenters. The Hall–Kier alpha value is -2.47. The van der Waals surface area contributed by atoms with Crippen molar-refractivity contribution in [2.24, 2.45) is 0 Å². The van der Waals surface area contributed by atoms with Gasteiger partial charge in [0.05, 0.1) is 11.9 Å². The van der Waals surface area contributed by atoms with Crippen molar-refractivity contribution in [1.29, 1.82) is 0 Å². The highest BCUT2D eigenvalue weighted by atomic mass is 32.1. The summed E-state index contributed by atoms with van der Waals surface area (Å²) in [5.74, 6) is 1.68. The van der Waals surface area contributed by atoms with Gasteiger partial charge in [0.25, 0.3) is 0 Å². The number of nitrogens with one attached hydrogen (secondary N) is 2. The molecule has 2 aromatic heterocycles. The van der Waals surface area contributed by atoms with Crippen LogP contribution in [0.15, 0.2) is 30.3 Å².